The van der Waals surface area contributed by atoms with E-state index in [1.807, 2.05) is 12.1 Å². The van der Waals surface area contributed by atoms with Gasteiger partial charge in [0.15, 0.2) is 10.2 Å². The third-order valence-corrected chi connectivity index (χ3v) is 6.59. The van der Waals surface area contributed by atoms with Crippen molar-refractivity contribution in [1.82, 2.24) is 19.8 Å². The van der Waals surface area contributed by atoms with E-state index in [0.29, 0.717) is 27.5 Å². The van der Waals surface area contributed by atoms with Gasteiger partial charge in [-0.1, -0.05) is 72.6 Å². The van der Waals surface area contributed by atoms with Crippen molar-refractivity contribution in [2.45, 2.75) is 36.4 Å². The largest absolute Gasteiger partial charge is 0.321 e. The molecule has 2 unspecified atom stereocenters. The predicted octanol–water partition coefficient (Wildman–Crippen LogP) is 4.83. The van der Waals surface area contributed by atoms with Gasteiger partial charge < -0.3 is 5.73 Å². The molecule has 2 heterocycles. The van der Waals surface area contributed by atoms with Crippen LogP contribution in [0.15, 0.2) is 22.5 Å². The van der Waals surface area contributed by atoms with Crippen molar-refractivity contribution in [1.29, 1.82) is 0 Å². The molecule has 3 aromatic rings. The van der Waals surface area contributed by atoms with Gasteiger partial charge in [-0.2, -0.15) is 4.52 Å². The second-order valence-electron chi connectivity index (χ2n) is 5.56. The zero-order valence-electron chi connectivity index (χ0n) is 13.2. The highest BCUT2D eigenvalue weighted by atomic mass is 35.5. The molecule has 24 heavy (non-hydrogen) atoms. The lowest BCUT2D eigenvalue weighted by Gasteiger charge is -2.15. The molecule has 2 N–H and O–H groups in total. The predicted molar refractivity (Wildman–Crippen MR) is 101 cm³/mol. The van der Waals surface area contributed by atoms with E-state index in [1.54, 1.807) is 22.3 Å². The lowest BCUT2D eigenvalue weighted by Crippen LogP contribution is -2.21. The van der Waals surface area contributed by atoms with Crippen LogP contribution in [0.1, 0.15) is 37.7 Å². The molecule has 3 rings (SSSR count). The molecule has 0 saturated heterocycles. The first-order valence-corrected chi connectivity index (χ1v) is 10.1. The molecular formula is C15H17Cl2N5S2. The zero-order valence-corrected chi connectivity index (χ0v) is 16.4. The Kier molecular flexibility index (Phi) is 5.66. The number of fused-ring (bicyclic) bond motifs is 1. The third kappa shape index (κ3) is 3.70. The number of benzene rings is 1. The fraction of sp³-hybridized carbons (Fsp3) is 0.400. The Hall–Kier alpha value is -0.860. The molecule has 0 aliphatic rings. The summed E-state index contributed by atoms with van der Waals surface area (Å²) >= 11 is 15.2. The van der Waals surface area contributed by atoms with Crippen molar-refractivity contribution < 1.29 is 0 Å². The molecule has 0 spiro atoms. The first-order chi connectivity index (χ1) is 11.5. The quantitative estimate of drug-likeness (QED) is 0.598. The molecule has 2 aromatic heterocycles. The van der Waals surface area contributed by atoms with Crippen LogP contribution in [-0.4, -0.2) is 19.8 Å². The van der Waals surface area contributed by atoms with E-state index in [9.17, 15) is 0 Å². The monoisotopic (exact) mass is 401 g/mol. The van der Waals surface area contributed by atoms with E-state index in [4.69, 9.17) is 28.9 Å². The summed E-state index contributed by atoms with van der Waals surface area (Å²) in [4.78, 5) is 0.758. The minimum atomic E-state index is -0.171. The highest BCUT2D eigenvalue weighted by Crippen LogP contribution is 2.32. The van der Waals surface area contributed by atoms with E-state index in [-0.39, 0.29) is 6.04 Å². The molecular weight excluding hydrogens is 385 g/mol. The van der Waals surface area contributed by atoms with Gasteiger partial charge in [0.1, 0.15) is 0 Å². The maximum atomic E-state index is 6.27. The van der Waals surface area contributed by atoms with E-state index in [2.05, 4.69) is 29.1 Å². The Labute approximate surface area is 158 Å². The fourth-order valence-corrected chi connectivity index (χ4v) is 4.61. The van der Waals surface area contributed by atoms with Crippen LogP contribution in [-0.2, 0) is 5.75 Å². The van der Waals surface area contributed by atoms with Gasteiger partial charge in [-0.05, 0) is 23.6 Å². The fourth-order valence-electron chi connectivity index (χ4n) is 2.17. The van der Waals surface area contributed by atoms with Crippen LogP contribution < -0.4 is 5.73 Å². The van der Waals surface area contributed by atoms with Gasteiger partial charge in [0.2, 0.25) is 4.96 Å². The summed E-state index contributed by atoms with van der Waals surface area (Å²) in [6, 6.07) is 5.35. The van der Waals surface area contributed by atoms with E-state index >= 15 is 0 Å². The summed E-state index contributed by atoms with van der Waals surface area (Å²) in [5.74, 6) is 1.75. The third-order valence-electron chi connectivity index (χ3n) is 3.92. The number of aromatic nitrogens is 4. The molecule has 0 saturated carbocycles. The standard InChI is InChI=1S/C15H17Cl2N5S2/c1-3-8(2)12(18)13-19-20-14-22(13)21-15(24-14)23-7-9-4-5-10(16)6-11(9)17/h4-6,8,12H,3,7,18H2,1-2H3. The number of hydrogen-bond acceptors (Lipinski definition) is 6. The Bertz CT molecular complexity index is 848. The normalized spacial score (nSPS) is 14.2. The Morgan fingerprint density at radius 3 is 2.83 bits per heavy atom. The maximum absolute atomic E-state index is 6.27. The van der Waals surface area contributed by atoms with Crippen molar-refractivity contribution in [3.8, 4) is 0 Å². The van der Waals surface area contributed by atoms with Crippen molar-refractivity contribution in [2.75, 3.05) is 0 Å². The summed E-state index contributed by atoms with van der Waals surface area (Å²) in [7, 11) is 0. The van der Waals surface area contributed by atoms with Crippen LogP contribution in [0.2, 0.25) is 10.0 Å². The summed E-state index contributed by atoms with van der Waals surface area (Å²) in [5, 5.41) is 14.3. The Balaban J connectivity index is 1.78. The average molecular weight is 402 g/mol. The second kappa shape index (κ2) is 7.58. The number of halogens is 2. The van der Waals surface area contributed by atoms with E-state index in [0.717, 1.165) is 21.3 Å². The second-order valence-corrected chi connectivity index (χ2v) is 8.58. The first kappa shape index (κ1) is 17.9. The Morgan fingerprint density at radius 2 is 2.12 bits per heavy atom. The smallest absolute Gasteiger partial charge is 0.235 e. The molecule has 128 valence electrons. The average Bonchev–Trinajstić information content (AvgIpc) is 3.12. The molecule has 0 amide bonds. The molecule has 0 fully saturated rings. The van der Waals surface area contributed by atoms with Gasteiger partial charge in [0.05, 0.1) is 6.04 Å². The van der Waals surface area contributed by atoms with Crippen molar-refractivity contribution in [3.63, 3.8) is 0 Å². The molecule has 9 heteroatoms. The number of rotatable bonds is 6. The van der Waals surface area contributed by atoms with Gasteiger partial charge in [-0.3, -0.25) is 0 Å². The van der Waals surface area contributed by atoms with Crippen molar-refractivity contribution in [2.24, 2.45) is 11.7 Å². The molecule has 1 aromatic carbocycles. The van der Waals surface area contributed by atoms with Crippen LogP contribution in [0.25, 0.3) is 4.96 Å². The SMILES string of the molecule is CCC(C)C(N)c1nnc2sc(SCc3ccc(Cl)cc3Cl)nn12. The van der Waals surface area contributed by atoms with Gasteiger partial charge in [-0.15, -0.1) is 15.3 Å². The highest BCUT2D eigenvalue weighted by molar-refractivity contribution is 8.00. The van der Waals surface area contributed by atoms with Crippen LogP contribution in [0.5, 0.6) is 0 Å². The van der Waals surface area contributed by atoms with Crippen molar-refractivity contribution >= 4 is 51.3 Å². The molecule has 0 aliphatic heterocycles. The van der Waals surface area contributed by atoms with Crippen LogP contribution in [0.4, 0.5) is 0 Å². The summed E-state index contributed by atoms with van der Waals surface area (Å²) in [6.45, 7) is 4.22. The highest BCUT2D eigenvalue weighted by Gasteiger charge is 2.21. The van der Waals surface area contributed by atoms with E-state index < -0.39 is 0 Å². The summed E-state index contributed by atoms with van der Waals surface area (Å²) in [5.41, 5.74) is 7.29. The molecule has 2 atom stereocenters. The van der Waals surface area contributed by atoms with Gasteiger partial charge in [0.25, 0.3) is 0 Å². The number of nitrogens with two attached hydrogens (primary N) is 1. The first-order valence-electron chi connectivity index (χ1n) is 7.54. The lowest BCUT2D eigenvalue weighted by atomic mass is 10.00. The Morgan fingerprint density at radius 1 is 1.33 bits per heavy atom. The molecule has 0 bridgehead atoms. The molecule has 0 aliphatic carbocycles. The van der Waals surface area contributed by atoms with E-state index in [1.165, 1.54) is 11.3 Å². The molecule has 0 radical (unpaired) electrons. The summed E-state index contributed by atoms with van der Waals surface area (Å²) < 4.78 is 2.66. The van der Waals surface area contributed by atoms with Gasteiger partial charge in [0, 0.05) is 15.8 Å². The zero-order chi connectivity index (χ0) is 17.3. The number of hydrogen-bond donors (Lipinski definition) is 1. The minimum Gasteiger partial charge on any atom is -0.321 e. The maximum Gasteiger partial charge on any atom is 0.235 e. The van der Waals surface area contributed by atoms with Crippen LogP contribution in [0.3, 0.4) is 0 Å². The number of thioether (sulfide) groups is 1. The van der Waals surface area contributed by atoms with Crippen molar-refractivity contribution in [3.05, 3.63) is 39.6 Å². The van der Waals surface area contributed by atoms with Gasteiger partial charge >= 0.3 is 0 Å². The van der Waals surface area contributed by atoms with Crippen LogP contribution in [0, 0.1) is 5.92 Å². The van der Waals surface area contributed by atoms with Gasteiger partial charge in [-0.25, -0.2) is 0 Å². The van der Waals surface area contributed by atoms with Crippen LogP contribution >= 0.6 is 46.3 Å². The minimum absolute atomic E-state index is 0.171. The topological polar surface area (TPSA) is 69.1 Å². The lowest BCUT2D eigenvalue weighted by molar-refractivity contribution is 0.431. The molecule has 5 nitrogen and oxygen atoms in total. The number of nitrogens with zero attached hydrogens (tertiary/aromatic N) is 4. The summed E-state index contributed by atoms with van der Waals surface area (Å²) in [6.07, 6.45) is 0.983.